The number of carbonyl (C=O) groups excluding carboxylic acids is 1. The van der Waals surface area contributed by atoms with Crippen molar-refractivity contribution in [2.45, 2.75) is 24.8 Å². The van der Waals surface area contributed by atoms with Crippen LogP contribution >= 0.6 is 0 Å². The van der Waals surface area contributed by atoms with Crippen molar-refractivity contribution in [3.05, 3.63) is 0 Å². The molecular weight excluding hydrogens is 142 g/mol. The zero-order valence-electron chi connectivity index (χ0n) is 6.47. The van der Waals surface area contributed by atoms with Crippen LogP contribution in [0.3, 0.4) is 0 Å². The third-order valence-corrected chi connectivity index (χ3v) is 2.62. The number of nitrogens with one attached hydrogen (secondary N) is 1. The lowest BCUT2D eigenvalue weighted by molar-refractivity contribution is -0.119. The lowest BCUT2D eigenvalue weighted by Crippen LogP contribution is -2.45. The molecule has 2 fully saturated rings. The van der Waals surface area contributed by atoms with Gasteiger partial charge in [-0.3, -0.25) is 10.6 Å². The quantitative estimate of drug-likeness (QED) is 0.451. The highest BCUT2D eigenvalue weighted by Crippen LogP contribution is 2.28. The second-order valence-electron chi connectivity index (χ2n) is 3.55. The minimum absolute atomic E-state index is 0.0336. The van der Waals surface area contributed by atoms with Gasteiger partial charge in [-0.15, -0.1) is 0 Å². The molecule has 0 bridgehead atoms. The Bertz CT molecular complexity index is 194. The Balaban J connectivity index is 2.07. The van der Waals surface area contributed by atoms with Crippen LogP contribution in [-0.2, 0) is 4.79 Å². The van der Waals surface area contributed by atoms with Crippen LogP contribution in [0.1, 0.15) is 19.3 Å². The molecule has 1 spiro atoms. The average molecular weight is 155 g/mol. The van der Waals surface area contributed by atoms with E-state index in [1.807, 2.05) is 0 Å². The summed E-state index contributed by atoms with van der Waals surface area (Å²) in [7, 11) is 0. The summed E-state index contributed by atoms with van der Waals surface area (Å²) in [6.45, 7) is 1.72. The number of hydrogen-bond acceptors (Lipinski definition) is 3. The Kier molecular flexibility index (Phi) is 1.40. The summed E-state index contributed by atoms with van der Waals surface area (Å²) in [5.41, 5.74) is 0.0336. The number of amides is 1. The monoisotopic (exact) mass is 155 g/mol. The highest BCUT2D eigenvalue weighted by molar-refractivity contribution is 5.79. The molecule has 4 heteroatoms. The van der Waals surface area contributed by atoms with Gasteiger partial charge >= 0.3 is 0 Å². The zero-order chi connectivity index (χ0) is 7.90. The first-order valence-electron chi connectivity index (χ1n) is 4.01. The molecule has 2 heterocycles. The Hall–Kier alpha value is -0.610. The van der Waals surface area contributed by atoms with Gasteiger partial charge < -0.3 is 5.32 Å². The summed E-state index contributed by atoms with van der Waals surface area (Å²) in [6, 6.07) is 0. The molecule has 2 saturated heterocycles. The molecule has 0 aliphatic carbocycles. The molecule has 11 heavy (non-hydrogen) atoms. The lowest BCUT2D eigenvalue weighted by Gasteiger charge is -2.21. The van der Waals surface area contributed by atoms with Gasteiger partial charge in [-0.2, -0.15) is 0 Å². The fourth-order valence-corrected chi connectivity index (χ4v) is 1.98. The van der Waals surface area contributed by atoms with E-state index in [0.29, 0.717) is 6.42 Å². The molecule has 0 aromatic heterocycles. The van der Waals surface area contributed by atoms with Crippen molar-refractivity contribution < 1.29 is 4.79 Å². The molecule has 0 saturated carbocycles. The molecule has 1 unspecified atom stereocenters. The average Bonchev–Trinajstić information content (AvgIpc) is 2.44. The summed E-state index contributed by atoms with van der Waals surface area (Å²) in [5, 5.41) is 4.78. The Labute approximate surface area is 65.7 Å². The van der Waals surface area contributed by atoms with Gasteiger partial charge in [-0.05, 0) is 12.8 Å². The second-order valence-corrected chi connectivity index (χ2v) is 3.55. The lowest BCUT2D eigenvalue weighted by atomic mass is 9.97. The molecule has 0 aromatic carbocycles. The van der Waals surface area contributed by atoms with Crippen molar-refractivity contribution in [2.75, 3.05) is 13.1 Å². The van der Waals surface area contributed by atoms with E-state index in [1.54, 1.807) is 5.01 Å². The van der Waals surface area contributed by atoms with Gasteiger partial charge in [0.2, 0.25) is 5.91 Å². The molecule has 0 radical (unpaired) electrons. The summed E-state index contributed by atoms with van der Waals surface area (Å²) in [5.74, 6) is 5.80. The van der Waals surface area contributed by atoms with Gasteiger partial charge in [0.1, 0.15) is 0 Å². The topological polar surface area (TPSA) is 58.4 Å². The molecule has 1 atom stereocenters. The predicted molar refractivity (Wildman–Crippen MR) is 40.5 cm³/mol. The second kappa shape index (κ2) is 2.19. The van der Waals surface area contributed by atoms with Crippen molar-refractivity contribution in [3.63, 3.8) is 0 Å². The van der Waals surface area contributed by atoms with E-state index in [4.69, 9.17) is 5.84 Å². The molecule has 62 valence electrons. The van der Waals surface area contributed by atoms with Crippen molar-refractivity contribution >= 4 is 5.91 Å². The van der Waals surface area contributed by atoms with Crippen LogP contribution in [0.25, 0.3) is 0 Å². The molecule has 0 aromatic rings. The van der Waals surface area contributed by atoms with Crippen molar-refractivity contribution in [1.82, 2.24) is 10.3 Å². The third kappa shape index (κ3) is 1.12. The number of hydrazine groups is 1. The maximum Gasteiger partial charge on any atom is 0.220 e. The van der Waals surface area contributed by atoms with E-state index in [1.165, 1.54) is 0 Å². The summed E-state index contributed by atoms with van der Waals surface area (Å²) >= 11 is 0. The number of hydrogen-bond donors (Lipinski definition) is 2. The van der Waals surface area contributed by atoms with Crippen molar-refractivity contribution in [1.29, 1.82) is 0 Å². The Morgan fingerprint density at radius 3 is 2.82 bits per heavy atom. The van der Waals surface area contributed by atoms with Gasteiger partial charge in [-0.25, -0.2) is 5.01 Å². The van der Waals surface area contributed by atoms with E-state index >= 15 is 0 Å². The molecule has 2 aliphatic rings. The first kappa shape index (κ1) is 7.06. The fraction of sp³-hybridized carbons (Fsp3) is 0.857. The van der Waals surface area contributed by atoms with E-state index in [2.05, 4.69) is 5.32 Å². The molecule has 2 rings (SSSR count). The Morgan fingerprint density at radius 2 is 2.36 bits per heavy atom. The first-order chi connectivity index (χ1) is 5.20. The van der Waals surface area contributed by atoms with Gasteiger partial charge in [0.05, 0.1) is 5.54 Å². The van der Waals surface area contributed by atoms with Crippen LogP contribution in [0.4, 0.5) is 0 Å². The number of rotatable bonds is 0. The highest BCUT2D eigenvalue weighted by atomic mass is 16.2. The third-order valence-electron chi connectivity index (χ3n) is 2.62. The van der Waals surface area contributed by atoms with Gasteiger partial charge in [-0.1, -0.05) is 0 Å². The Morgan fingerprint density at radius 1 is 1.55 bits per heavy atom. The van der Waals surface area contributed by atoms with Gasteiger partial charge in [0.15, 0.2) is 0 Å². The van der Waals surface area contributed by atoms with Crippen molar-refractivity contribution in [2.24, 2.45) is 5.84 Å². The standard InChI is InChI=1S/C7H13N3O/c8-10-4-3-7(5-10)2-1-6(11)9-7/h1-5,8H2,(H,9,11). The van der Waals surface area contributed by atoms with E-state index < -0.39 is 0 Å². The number of carbonyl (C=O) groups is 1. The van der Waals surface area contributed by atoms with E-state index in [9.17, 15) is 4.79 Å². The summed E-state index contributed by atoms with van der Waals surface area (Å²) in [6.07, 6.45) is 2.64. The molecule has 3 N–H and O–H groups in total. The van der Waals surface area contributed by atoms with Crippen LogP contribution in [-0.4, -0.2) is 29.5 Å². The van der Waals surface area contributed by atoms with Gasteiger partial charge in [0, 0.05) is 19.5 Å². The molecule has 4 nitrogen and oxygen atoms in total. The first-order valence-corrected chi connectivity index (χ1v) is 4.01. The molecule has 1 amide bonds. The number of nitrogens with two attached hydrogens (primary N) is 1. The zero-order valence-corrected chi connectivity index (χ0v) is 6.47. The van der Waals surface area contributed by atoms with Crippen LogP contribution in [0.15, 0.2) is 0 Å². The molecular formula is C7H13N3O. The maximum absolute atomic E-state index is 10.9. The minimum Gasteiger partial charge on any atom is -0.349 e. The van der Waals surface area contributed by atoms with Crippen molar-refractivity contribution in [3.8, 4) is 0 Å². The summed E-state index contributed by atoms with van der Waals surface area (Å²) < 4.78 is 0. The highest BCUT2D eigenvalue weighted by Gasteiger charge is 2.42. The fourth-order valence-electron chi connectivity index (χ4n) is 1.98. The SMILES string of the molecule is NN1CCC2(CCC(=O)N2)C1. The van der Waals surface area contributed by atoms with Crippen LogP contribution in [0, 0.1) is 0 Å². The van der Waals surface area contributed by atoms with E-state index in [0.717, 1.165) is 25.9 Å². The normalized spacial score (nSPS) is 38.5. The van der Waals surface area contributed by atoms with Crippen LogP contribution in [0.5, 0.6) is 0 Å². The molecule has 2 aliphatic heterocycles. The maximum atomic E-state index is 10.9. The largest absolute Gasteiger partial charge is 0.349 e. The summed E-state index contributed by atoms with van der Waals surface area (Å²) in [4.78, 5) is 10.9. The minimum atomic E-state index is 0.0336. The predicted octanol–water partition coefficient (Wildman–Crippen LogP) is -0.785. The van der Waals surface area contributed by atoms with Crippen LogP contribution < -0.4 is 11.2 Å². The van der Waals surface area contributed by atoms with Crippen LogP contribution in [0.2, 0.25) is 0 Å². The van der Waals surface area contributed by atoms with Gasteiger partial charge in [0.25, 0.3) is 0 Å². The van der Waals surface area contributed by atoms with E-state index in [-0.39, 0.29) is 11.4 Å². The smallest absolute Gasteiger partial charge is 0.220 e. The number of nitrogens with zero attached hydrogens (tertiary/aromatic N) is 1.